The van der Waals surface area contributed by atoms with Gasteiger partial charge in [-0.2, -0.15) is 0 Å². The number of thiazole rings is 1. The maximum atomic E-state index is 14.2. The van der Waals surface area contributed by atoms with Crippen molar-refractivity contribution in [3.63, 3.8) is 0 Å². The zero-order chi connectivity index (χ0) is 33.4. The third-order valence-electron chi connectivity index (χ3n) is 7.47. The number of benzene rings is 3. The molecule has 12 nitrogen and oxygen atoms in total. The SMILES string of the molecule is CCOC(=O)C1=C(C)N=c2s/c(=C/c3ccc(Sc4nc(C)cc(=O)[nH]4)c([N+](=O)[O-])c3)c(=O)n2[C@H]1c1c(OC)ccc2ccccc12. The number of fused-ring (bicyclic) bond motifs is 2. The highest BCUT2D eigenvalue weighted by molar-refractivity contribution is 7.99. The Morgan fingerprint density at radius 2 is 1.94 bits per heavy atom. The van der Waals surface area contributed by atoms with Crippen molar-refractivity contribution in [3.05, 3.63) is 129 Å². The van der Waals surface area contributed by atoms with Gasteiger partial charge in [-0.1, -0.05) is 47.7 Å². The number of hydrogen-bond acceptors (Lipinski definition) is 11. The van der Waals surface area contributed by atoms with E-state index in [1.54, 1.807) is 45.0 Å². The molecule has 1 aliphatic heterocycles. The average molecular weight is 670 g/mol. The number of aromatic nitrogens is 3. The second-order valence-electron chi connectivity index (χ2n) is 10.5. The zero-order valence-electron chi connectivity index (χ0n) is 25.6. The number of esters is 1. The first kappa shape index (κ1) is 31.6. The second kappa shape index (κ2) is 12.8. The monoisotopic (exact) mass is 669 g/mol. The predicted molar refractivity (Wildman–Crippen MR) is 178 cm³/mol. The van der Waals surface area contributed by atoms with Gasteiger partial charge in [0.1, 0.15) is 11.8 Å². The number of allylic oxidation sites excluding steroid dienone is 1. The van der Waals surface area contributed by atoms with Crippen LogP contribution in [0.5, 0.6) is 5.75 Å². The summed E-state index contributed by atoms with van der Waals surface area (Å²) in [5.74, 6) is -0.121. The topological polar surface area (TPSA) is 159 Å². The van der Waals surface area contributed by atoms with Crippen molar-refractivity contribution in [1.29, 1.82) is 0 Å². The molecule has 0 saturated carbocycles. The molecule has 0 aliphatic carbocycles. The second-order valence-corrected chi connectivity index (χ2v) is 12.5. The quantitative estimate of drug-likeness (QED) is 0.109. The van der Waals surface area contributed by atoms with Crippen LogP contribution in [0, 0.1) is 17.0 Å². The van der Waals surface area contributed by atoms with E-state index < -0.39 is 22.5 Å². The van der Waals surface area contributed by atoms with Crippen LogP contribution in [0.3, 0.4) is 0 Å². The Hall–Kier alpha value is -5.34. The fourth-order valence-electron chi connectivity index (χ4n) is 5.51. The Morgan fingerprint density at radius 1 is 1.15 bits per heavy atom. The summed E-state index contributed by atoms with van der Waals surface area (Å²) in [5.41, 5.74) is 1.07. The fourth-order valence-corrected chi connectivity index (χ4v) is 7.48. The van der Waals surface area contributed by atoms with Crippen LogP contribution in [0.25, 0.3) is 16.8 Å². The van der Waals surface area contributed by atoms with Gasteiger partial charge < -0.3 is 14.5 Å². The number of H-pyrrole nitrogens is 1. The Balaban J connectivity index is 1.53. The molecule has 1 aliphatic rings. The van der Waals surface area contributed by atoms with Crippen LogP contribution < -0.4 is 25.2 Å². The van der Waals surface area contributed by atoms with Gasteiger partial charge in [0.15, 0.2) is 9.96 Å². The van der Waals surface area contributed by atoms with Crippen molar-refractivity contribution in [2.75, 3.05) is 13.7 Å². The number of aryl methyl sites for hydroxylation is 1. The number of carbonyl (C=O) groups is 1. The van der Waals surface area contributed by atoms with E-state index in [0.29, 0.717) is 33.1 Å². The molecule has 238 valence electrons. The third kappa shape index (κ3) is 6.00. The van der Waals surface area contributed by atoms with E-state index in [1.165, 1.54) is 23.8 Å². The zero-order valence-corrected chi connectivity index (χ0v) is 27.2. The molecule has 14 heteroatoms. The smallest absolute Gasteiger partial charge is 0.338 e. The Bertz CT molecular complexity index is 2380. The molecule has 2 aromatic heterocycles. The third-order valence-corrected chi connectivity index (χ3v) is 9.41. The van der Waals surface area contributed by atoms with Crippen LogP contribution in [0.4, 0.5) is 5.69 Å². The molecule has 0 bridgehead atoms. The summed E-state index contributed by atoms with van der Waals surface area (Å²) < 4.78 is 12.9. The molecule has 3 heterocycles. The molecule has 0 amide bonds. The number of rotatable bonds is 8. The lowest BCUT2D eigenvalue weighted by Crippen LogP contribution is -2.40. The number of hydrogen-bond donors (Lipinski definition) is 1. The molecular weight excluding hydrogens is 643 g/mol. The van der Waals surface area contributed by atoms with Crippen molar-refractivity contribution in [3.8, 4) is 5.75 Å². The van der Waals surface area contributed by atoms with E-state index in [0.717, 1.165) is 33.9 Å². The van der Waals surface area contributed by atoms with Gasteiger partial charge in [0.2, 0.25) is 0 Å². The first-order valence-corrected chi connectivity index (χ1v) is 16.0. The predicted octanol–water partition coefficient (Wildman–Crippen LogP) is 4.41. The van der Waals surface area contributed by atoms with Gasteiger partial charge in [-0.15, -0.1) is 0 Å². The molecule has 0 spiro atoms. The summed E-state index contributed by atoms with van der Waals surface area (Å²) in [5, 5.41) is 14.0. The Labute approximate surface area is 274 Å². The summed E-state index contributed by atoms with van der Waals surface area (Å²) in [4.78, 5) is 63.2. The molecule has 0 radical (unpaired) electrons. The summed E-state index contributed by atoms with van der Waals surface area (Å²) in [6.07, 6.45) is 1.55. The summed E-state index contributed by atoms with van der Waals surface area (Å²) in [6, 6.07) is 16.3. The van der Waals surface area contributed by atoms with Gasteiger partial charge in [-0.25, -0.2) is 14.8 Å². The summed E-state index contributed by atoms with van der Waals surface area (Å²) >= 11 is 2.06. The molecule has 0 unspecified atom stereocenters. The number of aromatic amines is 1. The van der Waals surface area contributed by atoms with Crippen LogP contribution in [0.1, 0.15) is 36.7 Å². The number of nitrogens with one attached hydrogen (secondary N) is 1. The Kier molecular flexibility index (Phi) is 8.62. The van der Waals surface area contributed by atoms with Crippen molar-refractivity contribution in [1.82, 2.24) is 14.5 Å². The van der Waals surface area contributed by atoms with Crippen molar-refractivity contribution < 1.29 is 19.2 Å². The highest BCUT2D eigenvalue weighted by Crippen LogP contribution is 2.40. The van der Waals surface area contributed by atoms with E-state index in [4.69, 9.17) is 9.47 Å². The number of nitro benzene ring substituents is 1. The average Bonchev–Trinajstić information content (AvgIpc) is 3.33. The summed E-state index contributed by atoms with van der Waals surface area (Å²) in [6.45, 7) is 5.19. The Morgan fingerprint density at radius 3 is 2.66 bits per heavy atom. The highest BCUT2D eigenvalue weighted by atomic mass is 32.2. The van der Waals surface area contributed by atoms with Crippen molar-refractivity contribution >= 4 is 51.6 Å². The molecule has 0 fully saturated rings. The van der Waals surface area contributed by atoms with Crippen molar-refractivity contribution in [2.45, 2.75) is 36.9 Å². The van der Waals surface area contributed by atoms with Gasteiger partial charge in [0, 0.05) is 23.4 Å². The van der Waals surface area contributed by atoms with Crippen LogP contribution in [0.2, 0.25) is 0 Å². The number of nitro groups is 1. The molecule has 1 N–H and O–H groups in total. The molecule has 6 rings (SSSR count). The number of nitrogens with zero attached hydrogens (tertiary/aromatic N) is 4. The van der Waals surface area contributed by atoms with E-state index in [1.807, 2.05) is 30.3 Å². The lowest BCUT2D eigenvalue weighted by atomic mass is 9.90. The number of methoxy groups -OCH3 is 1. The maximum absolute atomic E-state index is 14.2. The minimum absolute atomic E-state index is 0.127. The number of carbonyl (C=O) groups excluding carboxylic acids is 1. The molecule has 1 atom stereocenters. The van der Waals surface area contributed by atoms with Crippen LogP contribution >= 0.6 is 23.1 Å². The molecule has 3 aromatic carbocycles. The van der Waals surface area contributed by atoms with Gasteiger partial charge in [-0.05, 0) is 67.1 Å². The van der Waals surface area contributed by atoms with Crippen LogP contribution in [0.15, 0.2) is 96.6 Å². The largest absolute Gasteiger partial charge is 0.496 e. The van der Waals surface area contributed by atoms with Gasteiger partial charge in [0.05, 0.1) is 39.3 Å². The van der Waals surface area contributed by atoms with E-state index in [9.17, 15) is 24.5 Å². The highest BCUT2D eigenvalue weighted by Gasteiger charge is 2.36. The van der Waals surface area contributed by atoms with Gasteiger partial charge >= 0.3 is 5.97 Å². The first-order chi connectivity index (χ1) is 22.6. The normalized spacial score (nSPS) is 14.6. The van der Waals surface area contributed by atoms with Crippen LogP contribution in [-0.4, -0.2) is 39.1 Å². The standard InChI is InChI=1S/C33H27N5O7S2/c1-5-45-31(41)27-18(3)35-33-37(29(27)28-21-9-7-6-8-20(21)11-12-23(28)44-4)30(40)25(47-33)16-19-10-13-24(22(15-19)38(42)43)46-32-34-17(2)14-26(39)36-32/h6-16,29H,5H2,1-4H3,(H,34,36,39)/b25-16+/t29-/m1/s1. The van der Waals surface area contributed by atoms with Crippen LogP contribution in [-0.2, 0) is 9.53 Å². The first-order valence-electron chi connectivity index (χ1n) is 14.4. The lowest BCUT2D eigenvalue weighted by molar-refractivity contribution is -0.387. The van der Waals surface area contributed by atoms with Gasteiger partial charge in [0.25, 0.3) is 16.8 Å². The summed E-state index contributed by atoms with van der Waals surface area (Å²) in [7, 11) is 1.53. The molecule has 47 heavy (non-hydrogen) atoms. The lowest BCUT2D eigenvalue weighted by Gasteiger charge is -2.27. The molecule has 5 aromatic rings. The van der Waals surface area contributed by atoms with E-state index in [-0.39, 0.29) is 38.0 Å². The number of ether oxygens (including phenoxy) is 2. The molecular formula is C33H27N5O7S2. The fraction of sp³-hybridized carbons (Fsp3) is 0.182. The molecule has 0 saturated heterocycles. The maximum Gasteiger partial charge on any atom is 0.338 e. The van der Waals surface area contributed by atoms with Gasteiger partial charge in [-0.3, -0.25) is 24.3 Å². The minimum Gasteiger partial charge on any atom is -0.496 e. The van der Waals surface area contributed by atoms with E-state index >= 15 is 0 Å². The van der Waals surface area contributed by atoms with Crippen molar-refractivity contribution in [2.24, 2.45) is 4.99 Å². The van der Waals surface area contributed by atoms with E-state index in [2.05, 4.69) is 15.0 Å². The minimum atomic E-state index is -0.925.